The van der Waals surface area contributed by atoms with Gasteiger partial charge in [-0.3, -0.25) is 5.43 Å². The molecule has 1 aromatic heterocycles. The van der Waals surface area contributed by atoms with E-state index in [1.54, 1.807) is 25.7 Å². The summed E-state index contributed by atoms with van der Waals surface area (Å²) in [5, 5.41) is 4.04. The number of methoxy groups -OCH3 is 1. The molecule has 3 N–H and O–H groups in total. The summed E-state index contributed by atoms with van der Waals surface area (Å²) in [6.45, 7) is 0. The number of ether oxygens (including phenoxy) is 1. The van der Waals surface area contributed by atoms with Gasteiger partial charge in [0, 0.05) is 23.5 Å². The smallest absolute Gasteiger partial charge is 0.184 e. The average molecular weight is 287 g/mol. The van der Waals surface area contributed by atoms with Crippen molar-refractivity contribution < 1.29 is 4.74 Å². The number of thiocarbonyl (C=S) groups is 1. The van der Waals surface area contributed by atoms with E-state index in [4.69, 9.17) is 10.5 Å². The van der Waals surface area contributed by atoms with Crippen molar-refractivity contribution in [3.63, 3.8) is 0 Å². The van der Waals surface area contributed by atoms with Gasteiger partial charge in [-0.25, -0.2) is 9.97 Å². The van der Waals surface area contributed by atoms with Crippen LogP contribution in [0.4, 0.5) is 0 Å². The van der Waals surface area contributed by atoms with Crippen LogP contribution in [0.5, 0.6) is 5.75 Å². The van der Waals surface area contributed by atoms with Gasteiger partial charge in [0.15, 0.2) is 5.11 Å². The van der Waals surface area contributed by atoms with Gasteiger partial charge in [-0.15, -0.1) is 0 Å². The molecular weight excluding hydrogens is 274 g/mol. The zero-order valence-electron chi connectivity index (χ0n) is 10.8. The van der Waals surface area contributed by atoms with E-state index in [0.29, 0.717) is 5.75 Å². The summed E-state index contributed by atoms with van der Waals surface area (Å²) >= 11 is 4.68. The Labute approximate surface area is 121 Å². The largest absolute Gasteiger partial charge is 0.496 e. The van der Waals surface area contributed by atoms with E-state index in [-0.39, 0.29) is 5.11 Å². The fourth-order valence-corrected chi connectivity index (χ4v) is 1.68. The second-order valence-corrected chi connectivity index (χ2v) is 4.26. The molecule has 7 heteroatoms. The molecule has 2 aromatic rings. The maximum Gasteiger partial charge on any atom is 0.184 e. The quantitative estimate of drug-likeness (QED) is 0.501. The molecule has 2 rings (SSSR count). The number of benzene rings is 1. The molecule has 102 valence electrons. The molecule has 0 aliphatic heterocycles. The van der Waals surface area contributed by atoms with Crippen molar-refractivity contribution in [1.29, 1.82) is 0 Å². The summed E-state index contributed by atoms with van der Waals surface area (Å²) in [7, 11) is 1.60. The first-order valence-corrected chi connectivity index (χ1v) is 6.13. The van der Waals surface area contributed by atoms with Crippen molar-refractivity contribution in [3.05, 3.63) is 42.5 Å². The Bertz CT molecular complexity index is 630. The summed E-state index contributed by atoms with van der Waals surface area (Å²) in [6.07, 6.45) is 6.55. The Morgan fingerprint density at radius 2 is 2.10 bits per heavy atom. The van der Waals surface area contributed by atoms with E-state index in [1.807, 2.05) is 18.2 Å². The minimum absolute atomic E-state index is 0.104. The van der Waals surface area contributed by atoms with Crippen molar-refractivity contribution in [2.75, 3.05) is 7.11 Å². The maximum atomic E-state index is 5.31. The summed E-state index contributed by atoms with van der Waals surface area (Å²) in [5.41, 5.74) is 10.5. The molecule has 0 saturated heterocycles. The van der Waals surface area contributed by atoms with E-state index in [1.165, 1.54) is 6.33 Å². The lowest BCUT2D eigenvalue weighted by Crippen LogP contribution is -2.24. The van der Waals surface area contributed by atoms with Crippen LogP contribution < -0.4 is 15.9 Å². The highest BCUT2D eigenvalue weighted by molar-refractivity contribution is 7.80. The average Bonchev–Trinajstić information content (AvgIpc) is 2.47. The zero-order chi connectivity index (χ0) is 14.4. The fraction of sp³-hybridized carbons (Fsp3) is 0.0769. The standard InChI is InChI=1S/C13H13N5OS/c1-19-12-3-2-9(11-5-15-8-16-6-11)4-10(12)7-17-18-13(14)20/h2-8H,1H3,(H3,14,18,20). The molecule has 1 heterocycles. The first-order chi connectivity index (χ1) is 9.70. The highest BCUT2D eigenvalue weighted by Crippen LogP contribution is 2.24. The molecule has 0 aliphatic rings. The third-order valence-electron chi connectivity index (χ3n) is 2.50. The number of hydrogen-bond acceptors (Lipinski definition) is 5. The second-order valence-electron chi connectivity index (χ2n) is 3.82. The first-order valence-electron chi connectivity index (χ1n) is 5.72. The molecule has 0 spiro atoms. The van der Waals surface area contributed by atoms with Crippen LogP contribution in [0.25, 0.3) is 11.1 Å². The Kier molecular flexibility index (Phi) is 4.56. The van der Waals surface area contributed by atoms with Gasteiger partial charge in [-0.05, 0) is 29.9 Å². The van der Waals surface area contributed by atoms with E-state index >= 15 is 0 Å². The van der Waals surface area contributed by atoms with E-state index in [9.17, 15) is 0 Å². The highest BCUT2D eigenvalue weighted by Gasteiger charge is 2.04. The van der Waals surface area contributed by atoms with Crippen LogP contribution in [0.15, 0.2) is 42.0 Å². The summed E-state index contributed by atoms with van der Waals surface area (Å²) in [4.78, 5) is 7.99. The molecule has 20 heavy (non-hydrogen) atoms. The monoisotopic (exact) mass is 287 g/mol. The van der Waals surface area contributed by atoms with Crippen LogP contribution >= 0.6 is 12.2 Å². The van der Waals surface area contributed by atoms with Gasteiger partial charge in [0.2, 0.25) is 0 Å². The van der Waals surface area contributed by atoms with Crippen molar-refractivity contribution in [3.8, 4) is 16.9 Å². The number of hydrazone groups is 1. The summed E-state index contributed by atoms with van der Waals surface area (Å²) < 4.78 is 5.28. The predicted molar refractivity (Wildman–Crippen MR) is 81.5 cm³/mol. The first kappa shape index (κ1) is 13.9. The minimum Gasteiger partial charge on any atom is -0.496 e. The molecule has 0 fully saturated rings. The van der Waals surface area contributed by atoms with Crippen molar-refractivity contribution in [2.24, 2.45) is 10.8 Å². The van der Waals surface area contributed by atoms with E-state index in [0.717, 1.165) is 16.7 Å². The van der Waals surface area contributed by atoms with Crippen molar-refractivity contribution >= 4 is 23.5 Å². The molecule has 0 atom stereocenters. The van der Waals surface area contributed by atoms with E-state index in [2.05, 4.69) is 32.7 Å². The molecule has 0 radical (unpaired) electrons. The van der Waals surface area contributed by atoms with Crippen LogP contribution in [0.3, 0.4) is 0 Å². The summed E-state index contributed by atoms with van der Waals surface area (Å²) in [6, 6.07) is 5.70. The Morgan fingerprint density at radius 1 is 1.35 bits per heavy atom. The van der Waals surface area contributed by atoms with Gasteiger partial charge in [-0.1, -0.05) is 6.07 Å². The zero-order valence-corrected chi connectivity index (χ0v) is 11.6. The Morgan fingerprint density at radius 3 is 2.75 bits per heavy atom. The molecule has 1 aromatic carbocycles. The molecule has 0 saturated carbocycles. The topological polar surface area (TPSA) is 85.4 Å². The van der Waals surface area contributed by atoms with Crippen LogP contribution in [0.1, 0.15) is 5.56 Å². The molecule has 0 amide bonds. The van der Waals surface area contributed by atoms with Crippen LogP contribution in [-0.2, 0) is 0 Å². The molecule has 0 bridgehead atoms. The lowest BCUT2D eigenvalue weighted by atomic mass is 10.1. The van der Waals surface area contributed by atoms with Crippen LogP contribution in [0, 0.1) is 0 Å². The third-order valence-corrected chi connectivity index (χ3v) is 2.59. The number of hydrogen-bond donors (Lipinski definition) is 2. The second kappa shape index (κ2) is 6.58. The summed E-state index contributed by atoms with van der Waals surface area (Å²) in [5.74, 6) is 0.694. The number of nitrogens with one attached hydrogen (secondary N) is 1. The molecular formula is C13H13N5OS. The normalized spacial score (nSPS) is 10.4. The van der Waals surface area contributed by atoms with Crippen molar-refractivity contribution in [2.45, 2.75) is 0 Å². The molecule has 0 unspecified atom stereocenters. The third kappa shape index (κ3) is 3.48. The number of aromatic nitrogens is 2. The van der Waals surface area contributed by atoms with Gasteiger partial charge in [0.05, 0.1) is 13.3 Å². The lowest BCUT2D eigenvalue weighted by molar-refractivity contribution is 0.414. The number of nitrogens with two attached hydrogens (primary N) is 1. The van der Waals surface area contributed by atoms with Gasteiger partial charge in [-0.2, -0.15) is 5.10 Å². The lowest BCUT2D eigenvalue weighted by Gasteiger charge is -2.07. The van der Waals surface area contributed by atoms with E-state index < -0.39 is 0 Å². The Balaban J connectivity index is 2.34. The fourth-order valence-electron chi connectivity index (χ4n) is 1.63. The number of rotatable bonds is 4. The predicted octanol–water partition coefficient (Wildman–Crippen LogP) is 1.32. The molecule has 6 nitrogen and oxygen atoms in total. The van der Waals surface area contributed by atoms with Gasteiger partial charge < -0.3 is 10.5 Å². The maximum absolute atomic E-state index is 5.31. The van der Waals surface area contributed by atoms with Gasteiger partial charge in [0.25, 0.3) is 0 Å². The van der Waals surface area contributed by atoms with Gasteiger partial charge in [0.1, 0.15) is 12.1 Å². The highest BCUT2D eigenvalue weighted by atomic mass is 32.1. The Hall–Kier alpha value is -2.54. The number of nitrogens with zero attached hydrogens (tertiary/aromatic N) is 3. The minimum atomic E-state index is 0.104. The van der Waals surface area contributed by atoms with Crippen LogP contribution in [0.2, 0.25) is 0 Å². The van der Waals surface area contributed by atoms with Gasteiger partial charge >= 0.3 is 0 Å². The SMILES string of the molecule is COc1ccc(-c2cncnc2)cc1C=NNC(N)=S. The van der Waals surface area contributed by atoms with Crippen LogP contribution in [-0.4, -0.2) is 28.4 Å². The molecule has 0 aliphatic carbocycles. The van der Waals surface area contributed by atoms with Crippen molar-refractivity contribution in [1.82, 2.24) is 15.4 Å².